The summed E-state index contributed by atoms with van der Waals surface area (Å²) in [5.74, 6) is -0.284. The van der Waals surface area contributed by atoms with Gasteiger partial charge in [-0.2, -0.15) is 0 Å². The molecular weight excluding hydrogens is 316 g/mol. The number of esters is 1. The van der Waals surface area contributed by atoms with Crippen molar-refractivity contribution >= 4 is 39.6 Å². The molecule has 0 bridgehead atoms. The number of rotatable bonds is 3. The third-order valence-corrected chi connectivity index (χ3v) is 5.61. The van der Waals surface area contributed by atoms with Gasteiger partial charge in [0, 0.05) is 10.9 Å². The van der Waals surface area contributed by atoms with Crippen molar-refractivity contribution < 1.29 is 9.53 Å². The average Bonchev–Trinajstić information content (AvgIpc) is 2.96. The Kier molecular flexibility index (Phi) is 5.12. The first-order chi connectivity index (χ1) is 10.2. The molecule has 1 heterocycles. The zero-order chi connectivity index (χ0) is 16.5. The topological polar surface area (TPSA) is 50.4 Å². The minimum atomic E-state index is -0.284. The van der Waals surface area contributed by atoms with Gasteiger partial charge in [-0.3, -0.25) is 0 Å². The number of anilines is 1. The van der Waals surface area contributed by atoms with Crippen molar-refractivity contribution in [3.05, 3.63) is 16.0 Å². The summed E-state index contributed by atoms with van der Waals surface area (Å²) in [5.41, 5.74) is 1.90. The minimum Gasteiger partial charge on any atom is -0.465 e. The lowest BCUT2D eigenvalue weighted by Crippen LogP contribution is -2.43. The minimum absolute atomic E-state index is 0.105. The van der Waals surface area contributed by atoms with E-state index in [1.807, 2.05) is 0 Å². The van der Waals surface area contributed by atoms with Crippen molar-refractivity contribution in [2.45, 2.75) is 53.0 Å². The maximum Gasteiger partial charge on any atom is 0.341 e. The molecule has 1 atom stereocenters. The molecule has 1 aromatic heterocycles. The Labute approximate surface area is 141 Å². The third-order valence-electron chi connectivity index (χ3n) is 4.18. The molecule has 2 N–H and O–H groups in total. The van der Waals surface area contributed by atoms with Crippen molar-refractivity contribution in [1.82, 2.24) is 5.32 Å². The maximum atomic E-state index is 12.1. The molecule has 0 radical (unpaired) electrons. The fraction of sp³-hybridized carbons (Fsp3) is 0.625. The van der Waals surface area contributed by atoms with Gasteiger partial charge in [0.25, 0.3) is 0 Å². The number of methoxy groups -OCH3 is 1. The Morgan fingerprint density at radius 1 is 1.36 bits per heavy atom. The standard InChI is InChI=1S/C16H24N2O2S2/c1-9(16(2,3)4)17-15(21)18-13-12(14(19)20-5)10-7-6-8-11(10)22-13/h9H,6-8H2,1-5H3,(H2,17,18,21). The first kappa shape index (κ1) is 17.2. The Morgan fingerprint density at radius 2 is 2.05 bits per heavy atom. The van der Waals surface area contributed by atoms with Crippen LogP contribution >= 0.6 is 23.6 Å². The van der Waals surface area contributed by atoms with E-state index in [4.69, 9.17) is 17.0 Å². The number of thiophene rings is 1. The van der Waals surface area contributed by atoms with Gasteiger partial charge in [-0.15, -0.1) is 11.3 Å². The van der Waals surface area contributed by atoms with Crippen LogP contribution in [0.5, 0.6) is 0 Å². The van der Waals surface area contributed by atoms with Crippen LogP contribution in [-0.4, -0.2) is 24.2 Å². The predicted molar refractivity (Wildman–Crippen MR) is 96.0 cm³/mol. The summed E-state index contributed by atoms with van der Waals surface area (Å²) in [6, 6.07) is 0.223. The first-order valence-electron chi connectivity index (χ1n) is 7.54. The largest absolute Gasteiger partial charge is 0.465 e. The van der Waals surface area contributed by atoms with Gasteiger partial charge < -0.3 is 15.4 Å². The summed E-state index contributed by atoms with van der Waals surface area (Å²) < 4.78 is 4.94. The summed E-state index contributed by atoms with van der Waals surface area (Å²) in [5, 5.41) is 7.84. The van der Waals surface area contributed by atoms with E-state index in [1.165, 1.54) is 12.0 Å². The SMILES string of the molecule is COC(=O)c1c(NC(=S)NC(C)C(C)(C)C)sc2c1CCC2. The summed E-state index contributed by atoms with van der Waals surface area (Å²) in [4.78, 5) is 13.4. The molecule has 1 aliphatic carbocycles. The lowest BCUT2D eigenvalue weighted by molar-refractivity contribution is 0.0601. The molecule has 2 rings (SSSR count). The Bertz CT molecular complexity index is 588. The fourth-order valence-electron chi connectivity index (χ4n) is 2.36. The van der Waals surface area contributed by atoms with Crippen LogP contribution in [0.1, 0.15) is 54.9 Å². The Balaban J connectivity index is 2.16. The van der Waals surface area contributed by atoms with Crippen molar-refractivity contribution in [2.24, 2.45) is 5.41 Å². The second kappa shape index (κ2) is 6.54. The number of carbonyl (C=O) groups excluding carboxylic acids is 1. The highest BCUT2D eigenvalue weighted by Crippen LogP contribution is 2.39. The monoisotopic (exact) mass is 340 g/mol. The summed E-state index contributed by atoms with van der Waals surface area (Å²) in [6.07, 6.45) is 3.08. The van der Waals surface area contributed by atoms with E-state index in [2.05, 4.69) is 38.3 Å². The van der Waals surface area contributed by atoms with E-state index in [0.717, 1.165) is 29.8 Å². The number of aryl methyl sites for hydroxylation is 1. The lowest BCUT2D eigenvalue weighted by Gasteiger charge is -2.29. The Hall–Kier alpha value is -1.14. The van der Waals surface area contributed by atoms with Crippen LogP contribution < -0.4 is 10.6 Å². The van der Waals surface area contributed by atoms with E-state index >= 15 is 0 Å². The molecule has 0 spiro atoms. The van der Waals surface area contributed by atoms with Crippen LogP contribution in [0.2, 0.25) is 0 Å². The summed E-state index contributed by atoms with van der Waals surface area (Å²) in [7, 11) is 1.42. The average molecular weight is 341 g/mol. The molecule has 1 aromatic rings. The highest BCUT2D eigenvalue weighted by Gasteiger charge is 2.28. The maximum absolute atomic E-state index is 12.1. The number of thiocarbonyl (C=S) groups is 1. The van der Waals surface area contributed by atoms with E-state index < -0.39 is 0 Å². The first-order valence-corrected chi connectivity index (χ1v) is 8.77. The van der Waals surface area contributed by atoms with Gasteiger partial charge in [0.2, 0.25) is 0 Å². The summed E-state index contributed by atoms with van der Waals surface area (Å²) >= 11 is 7.02. The smallest absolute Gasteiger partial charge is 0.341 e. The van der Waals surface area contributed by atoms with Crippen LogP contribution in [0.4, 0.5) is 5.00 Å². The van der Waals surface area contributed by atoms with Crippen molar-refractivity contribution in [2.75, 3.05) is 12.4 Å². The highest BCUT2D eigenvalue weighted by atomic mass is 32.1. The molecule has 22 heavy (non-hydrogen) atoms. The van der Waals surface area contributed by atoms with Crippen LogP contribution in [0.25, 0.3) is 0 Å². The molecule has 4 nitrogen and oxygen atoms in total. The van der Waals surface area contributed by atoms with E-state index in [9.17, 15) is 4.79 Å². The van der Waals surface area contributed by atoms with Crippen LogP contribution in [0, 0.1) is 5.41 Å². The predicted octanol–water partition coefficient (Wildman–Crippen LogP) is 3.74. The fourth-order valence-corrected chi connectivity index (χ4v) is 3.99. The number of nitrogens with one attached hydrogen (secondary N) is 2. The molecule has 1 aliphatic rings. The van der Waals surface area contributed by atoms with Gasteiger partial charge in [0.05, 0.1) is 12.7 Å². The van der Waals surface area contributed by atoms with E-state index in [1.54, 1.807) is 11.3 Å². The second-order valence-corrected chi connectivity index (χ2v) is 8.25. The van der Waals surface area contributed by atoms with Crippen molar-refractivity contribution in [1.29, 1.82) is 0 Å². The lowest BCUT2D eigenvalue weighted by atomic mass is 9.88. The normalized spacial score (nSPS) is 15.1. The number of hydrogen-bond donors (Lipinski definition) is 2. The van der Waals surface area contributed by atoms with Crippen molar-refractivity contribution in [3.8, 4) is 0 Å². The van der Waals surface area contributed by atoms with Crippen LogP contribution in [0.3, 0.4) is 0 Å². The highest BCUT2D eigenvalue weighted by molar-refractivity contribution is 7.80. The third kappa shape index (κ3) is 3.60. The number of ether oxygens (including phenoxy) is 1. The zero-order valence-corrected chi connectivity index (χ0v) is 15.5. The molecule has 0 saturated carbocycles. The molecule has 0 saturated heterocycles. The molecule has 0 aromatic carbocycles. The van der Waals surface area contributed by atoms with Gasteiger partial charge in [-0.25, -0.2) is 4.79 Å². The van der Waals surface area contributed by atoms with Gasteiger partial charge in [-0.05, 0) is 49.4 Å². The quantitative estimate of drug-likeness (QED) is 0.648. The van der Waals surface area contributed by atoms with Gasteiger partial charge in [0.15, 0.2) is 5.11 Å². The van der Waals surface area contributed by atoms with Crippen molar-refractivity contribution in [3.63, 3.8) is 0 Å². The molecule has 0 amide bonds. The molecule has 122 valence electrons. The van der Waals surface area contributed by atoms with Crippen LogP contribution in [0.15, 0.2) is 0 Å². The molecule has 1 unspecified atom stereocenters. The molecule has 0 fully saturated rings. The van der Waals surface area contributed by atoms with Gasteiger partial charge in [0.1, 0.15) is 5.00 Å². The van der Waals surface area contributed by atoms with Gasteiger partial charge >= 0.3 is 5.97 Å². The van der Waals surface area contributed by atoms with Crippen LogP contribution in [-0.2, 0) is 17.6 Å². The van der Waals surface area contributed by atoms with E-state index in [-0.39, 0.29) is 17.4 Å². The zero-order valence-electron chi connectivity index (χ0n) is 13.8. The summed E-state index contributed by atoms with van der Waals surface area (Å²) in [6.45, 7) is 8.58. The number of carbonyl (C=O) groups is 1. The number of hydrogen-bond acceptors (Lipinski definition) is 4. The molecular formula is C16H24N2O2S2. The van der Waals surface area contributed by atoms with Gasteiger partial charge in [-0.1, -0.05) is 20.8 Å². The Morgan fingerprint density at radius 3 is 2.64 bits per heavy atom. The number of fused-ring (bicyclic) bond motifs is 1. The van der Waals surface area contributed by atoms with E-state index in [0.29, 0.717) is 10.7 Å². The second-order valence-electron chi connectivity index (χ2n) is 6.74. The molecule has 0 aliphatic heterocycles. The molecule has 6 heteroatoms.